The zero-order chi connectivity index (χ0) is 22.5. The molecule has 1 aliphatic rings. The van der Waals surface area contributed by atoms with Gasteiger partial charge in [-0.15, -0.1) is 0 Å². The van der Waals surface area contributed by atoms with Gasteiger partial charge in [0.2, 0.25) is 5.91 Å². The second kappa shape index (κ2) is 10.1. The number of hydrogen-bond donors (Lipinski definition) is 1. The number of aromatic nitrogens is 1. The monoisotopic (exact) mass is 471 g/mol. The topological polar surface area (TPSA) is 91.6 Å². The van der Waals surface area contributed by atoms with Crippen molar-refractivity contribution in [3.05, 3.63) is 69.2 Å². The smallest absolute Gasteiger partial charge is 0.270 e. The summed E-state index contributed by atoms with van der Waals surface area (Å²) in [4.78, 5) is 31.7. The Morgan fingerprint density at radius 2 is 2.00 bits per heavy atom. The van der Waals surface area contributed by atoms with Crippen molar-refractivity contribution in [1.82, 2.24) is 15.2 Å². The molecule has 2 aromatic carbocycles. The van der Waals surface area contributed by atoms with Crippen LogP contribution in [0.3, 0.4) is 0 Å². The number of para-hydroxylation sites is 1. The summed E-state index contributed by atoms with van der Waals surface area (Å²) in [6.07, 6.45) is 2.97. The first-order valence-electron chi connectivity index (χ1n) is 10.2. The molecule has 0 radical (unpaired) electrons. The van der Waals surface area contributed by atoms with E-state index < -0.39 is 4.92 Å². The second-order valence-corrected chi connectivity index (χ2v) is 8.80. The van der Waals surface area contributed by atoms with Crippen LogP contribution in [0.2, 0.25) is 5.02 Å². The third-order valence-electron chi connectivity index (χ3n) is 5.24. The lowest BCUT2D eigenvalue weighted by molar-refractivity contribution is -0.384. The van der Waals surface area contributed by atoms with Crippen LogP contribution in [0.5, 0.6) is 0 Å². The largest absolute Gasteiger partial charge is 0.351 e. The number of amides is 1. The first-order valence-corrected chi connectivity index (χ1v) is 11.4. The number of piperazine rings is 1. The van der Waals surface area contributed by atoms with Gasteiger partial charge in [0, 0.05) is 57.5 Å². The number of nitro groups is 1. The average molecular weight is 472 g/mol. The number of benzene rings is 2. The summed E-state index contributed by atoms with van der Waals surface area (Å²) in [7, 11) is 0. The van der Waals surface area contributed by atoms with Crippen molar-refractivity contribution in [3.8, 4) is 0 Å². The summed E-state index contributed by atoms with van der Waals surface area (Å²) >= 11 is 7.90. The van der Waals surface area contributed by atoms with Gasteiger partial charge in [0.05, 0.1) is 14.6 Å². The van der Waals surface area contributed by atoms with Crippen molar-refractivity contribution in [2.75, 3.05) is 44.2 Å². The van der Waals surface area contributed by atoms with Gasteiger partial charge in [0.25, 0.3) is 5.69 Å². The third kappa shape index (κ3) is 5.42. The predicted molar refractivity (Wildman–Crippen MR) is 128 cm³/mol. The molecule has 2 heterocycles. The van der Waals surface area contributed by atoms with Crippen molar-refractivity contribution >= 4 is 56.0 Å². The maximum atomic E-state index is 12.1. The van der Waals surface area contributed by atoms with Crippen LogP contribution < -0.4 is 10.2 Å². The van der Waals surface area contributed by atoms with Crippen LogP contribution in [0.4, 0.5) is 10.8 Å². The van der Waals surface area contributed by atoms with Crippen molar-refractivity contribution < 1.29 is 9.72 Å². The van der Waals surface area contributed by atoms with E-state index in [1.165, 1.54) is 18.2 Å². The zero-order valence-corrected chi connectivity index (χ0v) is 18.8. The molecule has 0 saturated carbocycles. The highest BCUT2D eigenvalue weighted by molar-refractivity contribution is 7.22. The Balaban J connectivity index is 1.21. The third-order valence-corrected chi connectivity index (χ3v) is 6.62. The Labute approximate surface area is 194 Å². The fourth-order valence-corrected chi connectivity index (χ4v) is 4.83. The molecule has 166 valence electrons. The molecular formula is C22H22ClN5O3S. The molecule has 1 fully saturated rings. The molecule has 1 aliphatic heterocycles. The molecule has 3 aromatic rings. The van der Waals surface area contributed by atoms with Crippen LogP contribution in [0.25, 0.3) is 16.3 Å². The van der Waals surface area contributed by atoms with Gasteiger partial charge in [-0.3, -0.25) is 19.8 Å². The molecule has 0 bridgehead atoms. The first kappa shape index (κ1) is 22.2. The van der Waals surface area contributed by atoms with Gasteiger partial charge < -0.3 is 10.2 Å². The maximum Gasteiger partial charge on any atom is 0.270 e. The minimum atomic E-state index is -0.455. The number of thiazole rings is 1. The molecular weight excluding hydrogens is 450 g/mol. The lowest BCUT2D eigenvalue weighted by atomic mass is 10.2. The maximum absolute atomic E-state index is 12.1. The number of anilines is 1. The molecule has 0 aliphatic carbocycles. The Kier molecular flexibility index (Phi) is 6.99. The quantitative estimate of drug-likeness (QED) is 0.320. The van der Waals surface area contributed by atoms with E-state index in [1.54, 1.807) is 29.5 Å². The standard InChI is InChI=1S/C22H22ClN5O3S/c23-18-5-2-6-19-21(18)25-22(32-19)27-13-11-26(12-14-27)10-9-24-20(29)8-7-16-3-1-4-17(15-16)28(30)31/h1-8,15H,9-14H2,(H,24,29)/b8-7+. The molecule has 32 heavy (non-hydrogen) atoms. The Morgan fingerprint density at radius 3 is 2.75 bits per heavy atom. The van der Waals surface area contributed by atoms with Crippen LogP contribution in [0.15, 0.2) is 48.5 Å². The van der Waals surface area contributed by atoms with Gasteiger partial charge in [-0.05, 0) is 23.8 Å². The fraction of sp³-hybridized carbons (Fsp3) is 0.273. The minimum Gasteiger partial charge on any atom is -0.351 e. The normalized spacial score (nSPS) is 14.8. The van der Waals surface area contributed by atoms with E-state index in [0.29, 0.717) is 17.1 Å². The molecule has 0 spiro atoms. The number of halogens is 1. The summed E-state index contributed by atoms with van der Waals surface area (Å²) in [5.74, 6) is -0.221. The fourth-order valence-electron chi connectivity index (χ4n) is 3.51. The van der Waals surface area contributed by atoms with Gasteiger partial charge in [-0.2, -0.15) is 0 Å². The molecule has 1 aromatic heterocycles. The Morgan fingerprint density at radius 1 is 1.22 bits per heavy atom. The van der Waals surface area contributed by atoms with Gasteiger partial charge >= 0.3 is 0 Å². The van der Waals surface area contributed by atoms with Crippen molar-refractivity contribution in [2.45, 2.75) is 0 Å². The molecule has 1 amide bonds. The van der Waals surface area contributed by atoms with E-state index in [1.807, 2.05) is 18.2 Å². The highest BCUT2D eigenvalue weighted by atomic mass is 35.5. The van der Waals surface area contributed by atoms with Crippen LogP contribution >= 0.6 is 22.9 Å². The van der Waals surface area contributed by atoms with Gasteiger partial charge in [0.15, 0.2) is 5.13 Å². The highest BCUT2D eigenvalue weighted by Gasteiger charge is 2.20. The lowest BCUT2D eigenvalue weighted by Gasteiger charge is -2.34. The zero-order valence-electron chi connectivity index (χ0n) is 17.2. The highest BCUT2D eigenvalue weighted by Crippen LogP contribution is 2.33. The van der Waals surface area contributed by atoms with Crippen LogP contribution in [0, 0.1) is 10.1 Å². The summed E-state index contributed by atoms with van der Waals surface area (Å²) in [6.45, 7) is 4.83. The van der Waals surface area contributed by atoms with Crippen molar-refractivity contribution in [3.63, 3.8) is 0 Å². The van der Waals surface area contributed by atoms with E-state index in [4.69, 9.17) is 16.6 Å². The van der Waals surface area contributed by atoms with E-state index in [9.17, 15) is 14.9 Å². The average Bonchev–Trinajstić information content (AvgIpc) is 3.24. The first-order chi connectivity index (χ1) is 15.5. The molecule has 8 nitrogen and oxygen atoms in total. The summed E-state index contributed by atoms with van der Waals surface area (Å²) in [6, 6.07) is 12.0. The molecule has 0 atom stereocenters. The number of nitrogens with one attached hydrogen (secondary N) is 1. The van der Waals surface area contributed by atoms with E-state index in [0.717, 1.165) is 48.1 Å². The molecule has 4 rings (SSSR count). The number of carbonyl (C=O) groups is 1. The van der Waals surface area contributed by atoms with Gasteiger partial charge in [0.1, 0.15) is 5.52 Å². The predicted octanol–water partition coefficient (Wildman–Crippen LogP) is 3.81. The number of carbonyl (C=O) groups excluding carboxylic acids is 1. The van der Waals surface area contributed by atoms with Crippen LogP contribution in [-0.2, 0) is 4.79 Å². The van der Waals surface area contributed by atoms with E-state index >= 15 is 0 Å². The minimum absolute atomic E-state index is 0.000598. The summed E-state index contributed by atoms with van der Waals surface area (Å²) in [5, 5.41) is 15.4. The summed E-state index contributed by atoms with van der Waals surface area (Å²) in [5.41, 5.74) is 1.47. The Hall–Kier alpha value is -3.01. The number of nitro benzene ring substituents is 1. The number of non-ortho nitro benzene ring substituents is 1. The van der Waals surface area contributed by atoms with Crippen LogP contribution in [0.1, 0.15) is 5.56 Å². The Bertz CT molecular complexity index is 1160. The lowest BCUT2D eigenvalue weighted by Crippen LogP contribution is -2.48. The number of rotatable bonds is 7. The number of fused-ring (bicyclic) bond motifs is 1. The summed E-state index contributed by atoms with van der Waals surface area (Å²) < 4.78 is 1.09. The molecule has 1 N–H and O–H groups in total. The number of hydrogen-bond acceptors (Lipinski definition) is 7. The molecule has 10 heteroatoms. The molecule has 0 unspecified atom stereocenters. The van der Waals surface area contributed by atoms with Crippen LogP contribution in [-0.4, -0.2) is 60.0 Å². The number of nitrogens with zero attached hydrogens (tertiary/aromatic N) is 4. The van der Waals surface area contributed by atoms with Gasteiger partial charge in [-0.1, -0.05) is 41.1 Å². The SMILES string of the molecule is O=C(/C=C/c1cccc([N+](=O)[O-])c1)NCCN1CCN(c2nc3c(Cl)cccc3s2)CC1. The van der Waals surface area contributed by atoms with Crippen molar-refractivity contribution in [2.24, 2.45) is 0 Å². The van der Waals surface area contributed by atoms with E-state index in [2.05, 4.69) is 15.1 Å². The van der Waals surface area contributed by atoms with Gasteiger partial charge in [-0.25, -0.2) is 4.98 Å². The second-order valence-electron chi connectivity index (χ2n) is 7.39. The van der Waals surface area contributed by atoms with E-state index in [-0.39, 0.29) is 11.6 Å². The molecule has 1 saturated heterocycles. The van der Waals surface area contributed by atoms with Crippen molar-refractivity contribution in [1.29, 1.82) is 0 Å².